The molecule has 0 radical (unpaired) electrons. The van der Waals surface area contributed by atoms with Crippen LogP contribution in [0.5, 0.6) is 11.5 Å². The summed E-state index contributed by atoms with van der Waals surface area (Å²) in [5.74, 6) is 1.71. The molecule has 0 bridgehead atoms. The van der Waals surface area contributed by atoms with Gasteiger partial charge in [-0.05, 0) is 54.8 Å². The van der Waals surface area contributed by atoms with Crippen molar-refractivity contribution in [1.29, 1.82) is 0 Å². The molecule has 21 heavy (non-hydrogen) atoms. The highest BCUT2D eigenvalue weighted by molar-refractivity contribution is 5.49. The second-order valence-electron chi connectivity index (χ2n) is 5.33. The normalized spacial score (nSPS) is 14.2. The van der Waals surface area contributed by atoms with Gasteiger partial charge >= 0.3 is 0 Å². The number of hydrogen-bond donors (Lipinski definition) is 0. The van der Waals surface area contributed by atoms with Crippen molar-refractivity contribution >= 4 is 5.69 Å². The quantitative estimate of drug-likeness (QED) is 0.831. The lowest BCUT2D eigenvalue weighted by molar-refractivity contribution is 0.305. The summed E-state index contributed by atoms with van der Waals surface area (Å²) in [5, 5.41) is 0. The summed E-state index contributed by atoms with van der Waals surface area (Å²) < 4.78 is 11.0. The molecule has 0 atom stereocenters. The average Bonchev–Trinajstić information content (AvgIpc) is 3.08. The molecule has 3 heteroatoms. The molecular formula is C18H21NO2. The summed E-state index contributed by atoms with van der Waals surface area (Å²) in [4.78, 5) is 2.44. The van der Waals surface area contributed by atoms with Crippen molar-refractivity contribution in [2.75, 3.05) is 25.1 Å². The van der Waals surface area contributed by atoms with E-state index in [9.17, 15) is 0 Å². The maximum atomic E-state index is 5.84. The van der Waals surface area contributed by atoms with Gasteiger partial charge in [-0.3, -0.25) is 0 Å². The van der Waals surface area contributed by atoms with Crippen molar-refractivity contribution in [2.45, 2.75) is 19.4 Å². The van der Waals surface area contributed by atoms with Crippen molar-refractivity contribution in [3.8, 4) is 11.5 Å². The third-order valence-corrected chi connectivity index (χ3v) is 3.85. The minimum atomic E-state index is 0.591. The Bertz CT molecular complexity index is 574. The molecule has 0 amide bonds. The molecule has 110 valence electrons. The fraction of sp³-hybridized carbons (Fsp3) is 0.333. The van der Waals surface area contributed by atoms with Crippen molar-refractivity contribution in [2.24, 2.45) is 0 Å². The average molecular weight is 283 g/mol. The first kappa shape index (κ1) is 13.8. The van der Waals surface area contributed by atoms with Crippen molar-refractivity contribution < 1.29 is 9.47 Å². The van der Waals surface area contributed by atoms with Crippen LogP contribution in [0, 0.1) is 0 Å². The molecule has 2 aromatic rings. The number of methoxy groups -OCH3 is 1. The molecule has 0 N–H and O–H groups in total. The Hall–Kier alpha value is -2.16. The van der Waals surface area contributed by atoms with Gasteiger partial charge in [-0.25, -0.2) is 0 Å². The summed E-state index contributed by atoms with van der Waals surface area (Å²) in [6, 6.07) is 16.3. The molecule has 1 aliphatic heterocycles. The van der Waals surface area contributed by atoms with Crippen LogP contribution < -0.4 is 14.4 Å². The fourth-order valence-electron chi connectivity index (χ4n) is 2.66. The van der Waals surface area contributed by atoms with E-state index in [-0.39, 0.29) is 0 Å². The largest absolute Gasteiger partial charge is 0.497 e. The zero-order valence-electron chi connectivity index (χ0n) is 12.4. The Morgan fingerprint density at radius 1 is 0.952 bits per heavy atom. The smallest absolute Gasteiger partial charge is 0.120 e. The van der Waals surface area contributed by atoms with Crippen molar-refractivity contribution in [3.63, 3.8) is 0 Å². The predicted octanol–water partition coefficient (Wildman–Crippen LogP) is 3.87. The van der Waals surface area contributed by atoms with E-state index in [1.54, 1.807) is 7.11 Å². The van der Waals surface area contributed by atoms with Crippen molar-refractivity contribution in [3.05, 3.63) is 54.1 Å². The Kier molecular flexibility index (Phi) is 4.29. The van der Waals surface area contributed by atoms with Crippen LogP contribution >= 0.6 is 0 Å². The highest BCUT2D eigenvalue weighted by atomic mass is 16.5. The van der Waals surface area contributed by atoms with Crippen LogP contribution in [0.3, 0.4) is 0 Å². The SMILES string of the molecule is COc1ccc(OCc2cccc(N3CCCC3)c2)cc1. The second kappa shape index (κ2) is 6.53. The molecule has 1 saturated heterocycles. The molecule has 1 heterocycles. The number of ether oxygens (including phenoxy) is 2. The molecule has 2 aromatic carbocycles. The molecule has 0 aliphatic carbocycles. The third-order valence-electron chi connectivity index (χ3n) is 3.85. The van der Waals surface area contributed by atoms with Crippen LogP contribution in [-0.4, -0.2) is 20.2 Å². The van der Waals surface area contributed by atoms with Crippen molar-refractivity contribution in [1.82, 2.24) is 0 Å². The number of hydrogen-bond acceptors (Lipinski definition) is 3. The van der Waals surface area contributed by atoms with Crippen LogP contribution in [0.25, 0.3) is 0 Å². The minimum Gasteiger partial charge on any atom is -0.497 e. The van der Waals surface area contributed by atoms with Gasteiger partial charge < -0.3 is 14.4 Å². The predicted molar refractivity (Wildman–Crippen MR) is 85.2 cm³/mol. The summed E-state index contributed by atoms with van der Waals surface area (Å²) in [7, 11) is 1.67. The Balaban J connectivity index is 1.62. The maximum Gasteiger partial charge on any atom is 0.120 e. The van der Waals surface area contributed by atoms with Gasteiger partial charge in [0.25, 0.3) is 0 Å². The van der Waals surface area contributed by atoms with Gasteiger partial charge in [-0.1, -0.05) is 12.1 Å². The van der Waals surface area contributed by atoms with E-state index in [1.165, 1.54) is 37.2 Å². The molecule has 1 fully saturated rings. The topological polar surface area (TPSA) is 21.7 Å². The maximum absolute atomic E-state index is 5.84. The number of benzene rings is 2. The van der Waals surface area contributed by atoms with Crippen LogP contribution in [0.2, 0.25) is 0 Å². The Morgan fingerprint density at radius 2 is 1.67 bits per heavy atom. The van der Waals surface area contributed by atoms with Gasteiger partial charge in [0.15, 0.2) is 0 Å². The number of nitrogens with zero attached hydrogens (tertiary/aromatic N) is 1. The van der Waals surface area contributed by atoms with E-state index >= 15 is 0 Å². The standard InChI is InChI=1S/C18H21NO2/c1-20-17-7-9-18(10-8-17)21-14-15-5-4-6-16(13-15)19-11-2-3-12-19/h4-10,13H,2-3,11-12,14H2,1H3. The third kappa shape index (κ3) is 3.48. The van der Waals surface area contributed by atoms with Gasteiger partial charge in [-0.15, -0.1) is 0 Å². The van der Waals surface area contributed by atoms with E-state index in [2.05, 4.69) is 29.2 Å². The number of rotatable bonds is 5. The highest BCUT2D eigenvalue weighted by Crippen LogP contribution is 2.22. The molecular weight excluding hydrogens is 262 g/mol. The van der Waals surface area contributed by atoms with E-state index < -0.39 is 0 Å². The molecule has 0 spiro atoms. The highest BCUT2D eigenvalue weighted by Gasteiger charge is 2.12. The lowest BCUT2D eigenvalue weighted by Gasteiger charge is -2.18. The lowest BCUT2D eigenvalue weighted by atomic mass is 10.2. The van der Waals surface area contributed by atoms with Crippen LogP contribution in [0.1, 0.15) is 18.4 Å². The Labute approximate surface area is 126 Å². The molecule has 1 aliphatic rings. The molecule has 0 aromatic heterocycles. The van der Waals surface area contributed by atoms with Crippen LogP contribution in [0.4, 0.5) is 5.69 Å². The van der Waals surface area contributed by atoms with Gasteiger partial charge in [0.2, 0.25) is 0 Å². The van der Waals surface area contributed by atoms with Gasteiger partial charge in [-0.2, -0.15) is 0 Å². The van der Waals surface area contributed by atoms with E-state index in [0.717, 1.165) is 11.5 Å². The van der Waals surface area contributed by atoms with E-state index in [0.29, 0.717) is 6.61 Å². The lowest BCUT2D eigenvalue weighted by Crippen LogP contribution is -2.17. The monoisotopic (exact) mass is 283 g/mol. The Morgan fingerprint density at radius 3 is 2.38 bits per heavy atom. The first-order valence-electron chi connectivity index (χ1n) is 7.46. The minimum absolute atomic E-state index is 0.591. The summed E-state index contributed by atoms with van der Waals surface area (Å²) in [6.07, 6.45) is 2.60. The zero-order valence-corrected chi connectivity index (χ0v) is 12.4. The fourth-order valence-corrected chi connectivity index (χ4v) is 2.66. The molecule has 0 saturated carbocycles. The molecule has 3 nitrogen and oxygen atoms in total. The summed E-state index contributed by atoms with van der Waals surface area (Å²) >= 11 is 0. The zero-order chi connectivity index (χ0) is 14.5. The summed E-state index contributed by atoms with van der Waals surface area (Å²) in [5.41, 5.74) is 2.51. The number of anilines is 1. The van der Waals surface area contributed by atoms with Crippen LogP contribution in [0.15, 0.2) is 48.5 Å². The molecule has 3 rings (SSSR count). The first-order valence-corrected chi connectivity index (χ1v) is 7.46. The van der Waals surface area contributed by atoms with Gasteiger partial charge in [0, 0.05) is 18.8 Å². The van der Waals surface area contributed by atoms with Crippen LogP contribution in [-0.2, 0) is 6.61 Å². The van der Waals surface area contributed by atoms with E-state index in [4.69, 9.17) is 9.47 Å². The molecule has 0 unspecified atom stereocenters. The first-order chi connectivity index (χ1) is 10.3. The summed E-state index contributed by atoms with van der Waals surface area (Å²) in [6.45, 7) is 2.93. The van der Waals surface area contributed by atoms with Gasteiger partial charge in [0.1, 0.15) is 18.1 Å². The van der Waals surface area contributed by atoms with Gasteiger partial charge in [0.05, 0.1) is 7.11 Å². The van der Waals surface area contributed by atoms with E-state index in [1.807, 2.05) is 24.3 Å². The second-order valence-corrected chi connectivity index (χ2v) is 5.33.